The minimum Gasteiger partial charge on any atom is -0.387 e. The third-order valence-corrected chi connectivity index (χ3v) is 4.71. The lowest BCUT2D eigenvalue weighted by Crippen LogP contribution is -2.26. The molecule has 24 heavy (non-hydrogen) atoms. The Labute approximate surface area is 149 Å². The molecule has 1 atom stereocenters. The van der Waals surface area contributed by atoms with Crippen molar-refractivity contribution in [2.45, 2.75) is 19.2 Å². The molecule has 2 N–H and O–H groups in total. The number of fused-ring (bicyclic) bond motifs is 1. The Bertz CT molecular complexity index is 959. The number of imidazole rings is 1. The van der Waals surface area contributed by atoms with Crippen LogP contribution in [0.2, 0.25) is 10.0 Å². The lowest BCUT2D eigenvalue weighted by Gasteiger charge is -2.13. The highest BCUT2D eigenvalue weighted by molar-refractivity contribution is 6.42. The first-order chi connectivity index (χ1) is 11.5. The third kappa shape index (κ3) is 3.00. The molecule has 2 aromatic carbocycles. The van der Waals surface area contributed by atoms with Crippen molar-refractivity contribution < 1.29 is 5.11 Å². The second kappa shape index (κ2) is 6.85. The number of benzene rings is 2. The smallest absolute Gasteiger partial charge is 0.203 e. The molecule has 0 aliphatic rings. The molecular weight excluding hydrogens is 345 g/mol. The van der Waals surface area contributed by atoms with Crippen LogP contribution in [-0.2, 0) is 13.1 Å². The van der Waals surface area contributed by atoms with Crippen molar-refractivity contribution in [1.82, 2.24) is 9.13 Å². The van der Waals surface area contributed by atoms with Gasteiger partial charge in [0.05, 0.1) is 33.7 Å². The molecule has 1 heterocycles. The summed E-state index contributed by atoms with van der Waals surface area (Å²) in [7, 11) is 0. The van der Waals surface area contributed by atoms with Crippen molar-refractivity contribution in [2.24, 2.45) is 0 Å². The average Bonchev–Trinajstić information content (AvgIpc) is 2.83. The molecule has 0 radical (unpaired) electrons. The van der Waals surface area contributed by atoms with Crippen molar-refractivity contribution in [3.05, 3.63) is 76.3 Å². The summed E-state index contributed by atoms with van der Waals surface area (Å²) >= 11 is 12.0. The van der Waals surface area contributed by atoms with Crippen LogP contribution < -0.4 is 5.62 Å². The number of nitrogens with zero attached hydrogens (tertiary/aromatic N) is 2. The molecule has 3 aromatic rings. The number of rotatable bonds is 5. The Balaban J connectivity index is 2.03. The van der Waals surface area contributed by atoms with Crippen LogP contribution in [0.15, 0.2) is 55.1 Å². The summed E-state index contributed by atoms with van der Waals surface area (Å²) in [6, 6.07) is 12.8. The van der Waals surface area contributed by atoms with E-state index in [9.17, 15) is 5.11 Å². The van der Waals surface area contributed by atoms with E-state index in [2.05, 4.69) is 6.58 Å². The van der Waals surface area contributed by atoms with E-state index in [4.69, 9.17) is 28.6 Å². The van der Waals surface area contributed by atoms with Crippen LogP contribution in [0.5, 0.6) is 0 Å². The zero-order chi connectivity index (χ0) is 17.3. The fourth-order valence-corrected chi connectivity index (χ4v) is 3.10. The maximum Gasteiger partial charge on any atom is 0.203 e. The monoisotopic (exact) mass is 361 g/mol. The fraction of sp³-hybridized carbons (Fsp3) is 0.167. The number of para-hydroxylation sites is 2. The van der Waals surface area contributed by atoms with Crippen molar-refractivity contribution in [1.29, 1.82) is 5.41 Å². The van der Waals surface area contributed by atoms with Crippen LogP contribution in [0.4, 0.5) is 0 Å². The number of aliphatic hydroxyl groups is 1. The summed E-state index contributed by atoms with van der Waals surface area (Å²) in [4.78, 5) is 0. The molecule has 0 fully saturated rings. The quantitative estimate of drug-likeness (QED) is 0.659. The van der Waals surface area contributed by atoms with Gasteiger partial charge in [-0.1, -0.05) is 47.5 Å². The molecule has 4 nitrogen and oxygen atoms in total. The summed E-state index contributed by atoms with van der Waals surface area (Å²) < 4.78 is 3.63. The Morgan fingerprint density at radius 3 is 2.38 bits per heavy atom. The van der Waals surface area contributed by atoms with Crippen molar-refractivity contribution in [3.63, 3.8) is 0 Å². The van der Waals surface area contributed by atoms with Gasteiger partial charge in [-0.25, -0.2) is 0 Å². The van der Waals surface area contributed by atoms with Gasteiger partial charge in [-0.2, -0.15) is 0 Å². The fourth-order valence-electron chi connectivity index (χ4n) is 2.79. The normalized spacial score (nSPS) is 12.5. The zero-order valence-corrected chi connectivity index (χ0v) is 14.4. The van der Waals surface area contributed by atoms with Gasteiger partial charge in [0.2, 0.25) is 5.62 Å². The van der Waals surface area contributed by atoms with Crippen LogP contribution >= 0.6 is 23.2 Å². The molecule has 0 unspecified atom stereocenters. The SMILES string of the molecule is C=CCn1c(=N)n(C[C@@H](O)c2ccc(Cl)c(Cl)c2)c2ccccc21. The first-order valence-electron chi connectivity index (χ1n) is 7.49. The Kier molecular flexibility index (Phi) is 4.81. The van der Waals surface area contributed by atoms with E-state index >= 15 is 0 Å². The van der Waals surface area contributed by atoms with Gasteiger partial charge in [0.1, 0.15) is 0 Å². The van der Waals surface area contributed by atoms with Crippen LogP contribution in [0.25, 0.3) is 11.0 Å². The molecule has 0 saturated carbocycles. The van der Waals surface area contributed by atoms with Crippen molar-refractivity contribution in [2.75, 3.05) is 0 Å². The molecule has 0 spiro atoms. The predicted octanol–water partition coefficient (Wildman–Crippen LogP) is 4.15. The molecule has 0 aliphatic heterocycles. The number of allylic oxidation sites excluding steroid dienone is 1. The molecule has 6 heteroatoms. The number of hydrogen-bond acceptors (Lipinski definition) is 2. The van der Waals surface area contributed by atoms with Crippen LogP contribution in [-0.4, -0.2) is 14.2 Å². The number of nitrogens with one attached hydrogen (secondary N) is 1. The Morgan fingerprint density at radius 1 is 1.08 bits per heavy atom. The minimum absolute atomic E-state index is 0.251. The van der Waals surface area contributed by atoms with Gasteiger partial charge in [0, 0.05) is 6.54 Å². The maximum atomic E-state index is 10.6. The highest BCUT2D eigenvalue weighted by Crippen LogP contribution is 2.26. The summed E-state index contributed by atoms with van der Waals surface area (Å²) in [5.41, 5.74) is 2.80. The average molecular weight is 362 g/mol. The van der Waals surface area contributed by atoms with Gasteiger partial charge < -0.3 is 14.2 Å². The highest BCUT2D eigenvalue weighted by atomic mass is 35.5. The predicted molar refractivity (Wildman–Crippen MR) is 97.4 cm³/mol. The molecule has 0 saturated heterocycles. The van der Waals surface area contributed by atoms with E-state index in [0.29, 0.717) is 27.8 Å². The van der Waals surface area contributed by atoms with Gasteiger partial charge in [0.15, 0.2) is 0 Å². The first kappa shape index (κ1) is 16.8. The zero-order valence-electron chi connectivity index (χ0n) is 12.9. The molecule has 124 valence electrons. The van der Waals surface area contributed by atoms with Crippen LogP contribution in [0, 0.1) is 5.41 Å². The number of aliphatic hydroxyl groups excluding tert-OH is 1. The lowest BCUT2D eigenvalue weighted by atomic mass is 10.1. The molecule has 0 aliphatic carbocycles. The number of aromatic nitrogens is 2. The van der Waals surface area contributed by atoms with E-state index in [-0.39, 0.29) is 6.54 Å². The summed E-state index contributed by atoms with van der Waals surface area (Å²) in [6.07, 6.45) is 0.960. The van der Waals surface area contributed by atoms with Gasteiger partial charge >= 0.3 is 0 Å². The van der Waals surface area contributed by atoms with Gasteiger partial charge in [-0.05, 0) is 29.8 Å². The number of halogens is 2. The van der Waals surface area contributed by atoms with E-state index in [1.807, 2.05) is 28.8 Å². The Morgan fingerprint density at radius 2 is 1.75 bits per heavy atom. The van der Waals surface area contributed by atoms with E-state index in [0.717, 1.165) is 11.0 Å². The molecule has 0 bridgehead atoms. The van der Waals surface area contributed by atoms with Crippen LogP contribution in [0.3, 0.4) is 0 Å². The molecular formula is C18H17Cl2N3O. The molecule has 0 amide bonds. The first-order valence-corrected chi connectivity index (χ1v) is 8.25. The minimum atomic E-state index is -0.795. The Hall–Kier alpha value is -2.01. The standard InChI is InChI=1S/C18H17Cl2N3O/c1-2-9-22-15-5-3-4-6-16(15)23(18(22)21)11-17(24)12-7-8-13(19)14(20)10-12/h2-8,10,17,21,24H,1,9,11H2/t17-/m1/s1. The topological polar surface area (TPSA) is 53.9 Å². The lowest BCUT2D eigenvalue weighted by molar-refractivity contribution is 0.156. The summed E-state index contributed by atoms with van der Waals surface area (Å²) in [6.45, 7) is 4.54. The summed E-state index contributed by atoms with van der Waals surface area (Å²) in [5, 5.41) is 19.9. The maximum absolute atomic E-state index is 10.6. The van der Waals surface area contributed by atoms with Gasteiger partial charge in [0.25, 0.3) is 0 Å². The molecule has 3 rings (SSSR count). The van der Waals surface area contributed by atoms with E-state index in [1.54, 1.807) is 28.8 Å². The van der Waals surface area contributed by atoms with Gasteiger partial charge in [-0.3, -0.25) is 5.41 Å². The second-order valence-corrected chi connectivity index (χ2v) is 6.33. The third-order valence-electron chi connectivity index (χ3n) is 3.97. The van der Waals surface area contributed by atoms with Crippen molar-refractivity contribution in [3.8, 4) is 0 Å². The van der Waals surface area contributed by atoms with Crippen molar-refractivity contribution >= 4 is 34.2 Å². The van der Waals surface area contributed by atoms with E-state index < -0.39 is 6.10 Å². The van der Waals surface area contributed by atoms with E-state index in [1.165, 1.54) is 0 Å². The summed E-state index contributed by atoms with van der Waals surface area (Å²) in [5.74, 6) is 0. The molecule has 1 aromatic heterocycles. The second-order valence-electron chi connectivity index (χ2n) is 5.51. The number of hydrogen-bond donors (Lipinski definition) is 2. The largest absolute Gasteiger partial charge is 0.387 e. The van der Waals surface area contributed by atoms with Gasteiger partial charge in [-0.15, -0.1) is 6.58 Å². The van der Waals surface area contributed by atoms with Crippen LogP contribution in [0.1, 0.15) is 11.7 Å². The highest BCUT2D eigenvalue weighted by Gasteiger charge is 2.15.